The fourth-order valence-electron chi connectivity index (χ4n) is 4.16. The smallest absolute Gasteiger partial charge is 0.114 e. The maximum atomic E-state index is 9.84. The molecule has 0 saturated carbocycles. The van der Waals surface area contributed by atoms with Crippen molar-refractivity contribution < 1.29 is 24.8 Å². The summed E-state index contributed by atoms with van der Waals surface area (Å²) in [4.78, 5) is 0. The highest BCUT2D eigenvalue weighted by Gasteiger charge is 2.40. The minimum absolute atomic E-state index is 0.0909. The van der Waals surface area contributed by atoms with Crippen molar-refractivity contribution in [3.8, 4) is 0 Å². The highest BCUT2D eigenvalue weighted by atomic mass is 16.6. The summed E-state index contributed by atoms with van der Waals surface area (Å²) >= 11 is 0. The fraction of sp³-hybridized carbons (Fsp3) is 0.923. The summed E-state index contributed by atoms with van der Waals surface area (Å²) in [5.74, 6) is 0. The number of aliphatic hydroxyl groups is 3. The summed E-state index contributed by atoms with van der Waals surface area (Å²) in [6.45, 7) is 2.66. The molecular formula is C26H50O5. The first-order valence-corrected chi connectivity index (χ1v) is 13.1. The van der Waals surface area contributed by atoms with Gasteiger partial charge in [-0.3, -0.25) is 0 Å². The van der Waals surface area contributed by atoms with E-state index in [1.165, 1.54) is 83.5 Å². The molecule has 0 aromatic rings. The van der Waals surface area contributed by atoms with Crippen molar-refractivity contribution in [3.05, 3.63) is 12.2 Å². The largest absolute Gasteiger partial charge is 0.394 e. The lowest BCUT2D eigenvalue weighted by Gasteiger charge is -2.24. The van der Waals surface area contributed by atoms with Crippen LogP contribution in [-0.2, 0) is 9.47 Å². The molecule has 0 radical (unpaired) electrons. The van der Waals surface area contributed by atoms with Gasteiger partial charge >= 0.3 is 0 Å². The van der Waals surface area contributed by atoms with Gasteiger partial charge in [-0.15, -0.1) is 0 Å². The van der Waals surface area contributed by atoms with Gasteiger partial charge in [0.1, 0.15) is 24.4 Å². The van der Waals surface area contributed by atoms with Crippen LogP contribution in [0.15, 0.2) is 12.2 Å². The lowest BCUT2D eigenvalue weighted by atomic mass is 10.0. The Bertz CT molecular complexity index is 415. The first kappa shape index (κ1) is 28.6. The van der Waals surface area contributed by atoms with E-state index in [0.29, 0.717) is 6.61 Å². The van der Waals surface area contributed by atoms with E-state index in [1.54, 1.807) is 0 Å². The van der Waals surface area contributed by atoms with E-state index in [9.17, 15) is 15.3 Å². The third kappa shape index (κ3) is 14.3. The van der Waals surface area contributed by atoms with E-state index in [-0.39, 0.29) is 13.2 Å². The highest BCUT2D eigenvalue weighted by molar-refractivity contribution is 4.88. The van der Waals surface area contributed by atoms with Crippen LogP contribution in [0.1, 0.15) is 110 Å². The number of hydrogen-bond acceptors (Lipinski definition) is 5. The maximum absolute atomic E-state index is 9.84. The van der Waals surface area contributed by atoms with Crippen LogP contribution in [0.3, 0.4) is 0 Å². The van der Waals surface area contributed by atoms with Gasteiger partial charge in [0, 0.05) is 6.61 Å². The van der Waals surface area contributed by atoms with E-state index >= 15 is 0 Å². The number of unbranched alkanes of at least 4 members (excludes halogenated alkanes) is 14. The molecule has 0 spiro atoms. The van der Waals surface area contributed by atoms with Crippen molar-refractivity contribution in [1.29, 1.82) is 0 Å². The van der Waals surface area contributed by atoms with Crippen LogP contribution >= 0.6 is 0 Å². The Balaban J connectivity index is 1.83. The van der Waals surface area contributed by atoms with Gasteiger partial charge < -0.3 is 24.8 Å². The predicted molar refractivity (Wildman–Crippen MR) is 127 cm³/mol. The highest BCUT2D eigenvalue weighted by Crippen LogP contribution is 2.19. The second-order valence-corrected chi connectivity index (χ2v) is 9.09. The zero-order valence-corrected chi connectivity index (χ0v) is 20.1. The van der Waals surface area contributed by atoms with Gasteiger partial charge in [-0.2, -0.15) is 0 Å². The molecule has 1 aliphatic rings. The van der Waals surface area contributed by atoms with Crippen molar-refractivity contribution >= 4 is 0 Å². The minimum Gasteiger partial charge on any atom is -0.394 e. The average molecular weight is 443 g/mol. The zero-order valence-electron chi connectivity index (χ0n) is 20.1. The molecule has 0 bridgehead atoms. The summed E-state index contributed by atoms with van der Waals surface area (Å²) in [5, 5.41) is 28.8. The summed E-state index contributed by atoms with van der Waals surface area (Å²) in [5.41, 5.74) is 0. The Morgan fingerprint density at radius 3 is 1.81 bits per heavy atom. The number of ether oxygens (including phenoxy) is 2. The molecule has 4 atom stereocenters. The molecule has 0 amide bonds. The van der Waals surface area contributed by atoms with Crippen LogP contribution in [0.25, 0.3) is 0 Å². The molecular weight excluding hydrogens is 392 g/mol. The van der Waals surface area contributed by atoms with Gasteiger partial charge in [-0.25, -0.2) is 0 Å². The second-order valence-electron chi connectivity index (χ2n) is 9.09. The number of hydrogen-bond donors (Lipinski definition) is 3. The Kier molecular flexibility index (Phi) is 18.6. The monoisotopic (exact) mass is 442 g/mol. The van der Waals surface area contributed by atoms with E-state index in [4.69, 9.17) is 9.47 Å². The molecule has 1 rings (SSSR count). The predicted octanol–water partition coefficient (Wildman–Crippen LogP) is 5.30. The van der Waals surface area contributed by atoms with E-state index in [1.807, 2.05) is 0 Å². The Labute approximate surface area is 191 Å². The lowest BCUT2D eigenvalue weighted by Crippen LogP contribution is -2.42. The standard InChI is InChI=1S/C26H50O5/c1-2-3-4-5-6-7-8-9-10-11-12-13-14-15-16-17-18-19-20-30-24(21-27)26-25(29)23(28)22-31-26/h16-17,23-29H,2-15,18-22H2,1H3/b17-16+/t23-,24+,25-,26-/m0/s1. The van der Waals surface area contributed by atoms with Crippen molar-refractivity contribution in [1.82, 2.24) is 0 Å². The fourth-order valence-corrected chi connectivity index (χ4v) is 4.16. The summed E-state index contributed by atoms with van der Waals surface area (Å²) in [6, 6.07) is 0. The van der Waals surface area contributed by atoms with Gasteiger partial charge in [0.2, 0.25) is 0 Å². The Hall–Kier alpha value is -0.460. The van der Waals surface area contributed by atoms with Crippen LogP contribution in [0.2, 0.25) is 0 Å². The number of aliphatic hydroxyl groups excluding tert-OH is 3. The maximum Gasteiger partial charge on any atom is 0.114 e. The van der Waals surface area contributed by atoms with Gasteiger partial charge in [0.05, 0.1) is 13.2 Å². The average Bonchev–Trinajstić information content (AvgIpc) is 3.11. The molecule has 5 nitrogen and oxygen atoms in total. The molecule has 1 fully saturated rings. The third-order valence-electron chi connectivity index (χ3n) is 6.22. The van der Waals surface area contributed by atoms with Crippen LogP contribution in [0.4, 0.5) is 0 Å². The third-order valence-corrected chi connectivity index (χ3v) is 6.22. The van der Waals surface area contributed by atoms with Crippen molar-refractivity contribution in [2.45, 2.75) is 134 Å². The van der Waals surface area contributed by atoms with Crippen LogP contribution in [0, 0.1) is 0 Å². The summed E-state index contributed by atoms with van der Waals surface area (Å²) in [6.07, 6.45) is 22.4. The van der Waals surface area contributed by atoms with Gasteiger partial charge in [0.15, 0.2) is 0 Å². The first-order valence-electron chi connectivity index (χ1n) is 13.1. The quantitative estimate of drug-likeness (QED) is 0.166. The molecule has 5 heteroatoms. The van der Waals surface area contributed by atoms with Gasteiger partial charge in [0.25, 0.3) is 0 Å². The van der Waals surface area contributed by atoms with Crippen molar-refractivity contribution in [2.75, 3.05) is 19.8 Å². The molecule has 184 valence electrons. The summed E-state index contributed by atoms with van der Waals surface area (Å²) < 4.78 is 11.0. The molecule has 1 saturated heterocycles. The van der Waals surface area contributed by atoms with Crippen LogP contribution < -0.4 is 0 Å². The second kappa shape index (κ2) is 20.2. The molecule has 1 heterocycles. The summed E-state index contributed by atoms with van der Waals surface area (Å²) in [7, 11) is 0. The molecule has 1 aliphatic heterocycles. The topological polar surface area (TPSA) is 79.2 Å². The van der Waals surface area contributed by atoms with Crippen molar-refractivity contribution in [3.63, 3.8) is 0 Å². The molecule has 0 aliphatic carbocycles. The number of allylic oxidation sites excluding steroid dienone is 2. The Morgan fingerprint density at radius 2 is 1.32 bits per heavy atom. The van der Waals surface area contributed by atoms with E-state index in [2.05, 4.69) is 19.1 Å². The molecule has 0 aromatic carbocycles. The van der Waals surface area contributed by atoms with Gasteiger partial charge in [-0.1, -0.05) is 96.1 Å². The Morgan fingerprint density at radius 1 is 0.806 bits per heavy atom. The van der Waals surface area contributed by atoms with Crippen LogP contribution in [-0.4, -0.2) is 59.6 Å². The van der Waals surface area contributed by atoms with E-state index in [0.717, 1.165) is 19.3 Å². The van der Waals surface area contributed by atoms with Crippen molar-refractivity contribution in [2.24, 2.45) is 0 Å². The molecule has 3 N–H and O–H groups in total. The lowest BCUT2D eigenvalue weighted by molar-refractivity contribution is -0.101. The molecule has 0 aromatic heterocycles. The molecule has 0 unspecified atom stereocenters. The molecule has 31 heavy (non-hydrogen) atoms. The number of rotatable bonds is 21. The minimum atomic E-state index is -0.989. The SMILES string of the molecule is CCCCCCCCCCCCCCC/C=C/CCCO[C@H](CO)[C@@H]1OC[C@H](O)[C@@H]1O. The normalized spacial score (nSPS) is 22.5. The van der Waals surface area contributed by atoms with Crippen LogP contribution in [0.5, 0.6) is 0 Å². The van der Waals surface area contributed by atoms with Gasteiger partial charge in [-0.05, 0) is 25.7 Å². The first-order chi connectivity index (χ1) is 15.2. The zero-order chi connectivity index (χ0) is 22.6. The van der Waals surface area contributed by atoms with E-state index < -0.39 is 24.4 Å².